The van der Waals surface area contributed by atoms with E-state index in [4.69, 9.17) is 0 Å². The molecule has 2 nitrogen and oxygen atoms in total. The van der Waals surface area contributed by atoms with Crippen molar-refractivity contribution in [2.75, 3.05) is 24.6 Å². The van der Waals surface area contributed by atoms with Gasteiger partial charge in [0.25, 0.3) is 0 Å². The molecule has 2 rings (SSSR count). The third kappa shape index (κ3) is 2.53. The molecule has 0 saturated carbocycles. The van der Waals surface area contributed by atoms with Gasteiger partial charge in [0.05, 0.1) is 13.1 Å². The molecule has 1 saturated heterocycles. The number of hydrogen-bond acceptors (Lipinski definition) is 2. The second-order valence-corrected chi connectivity index (χ2v) is 4.97. The first kappa shape index (κ1) is 10.5. The Labute approximate surface area is 94.9 Å². The summed E-state index contributed by atoms with van der Waals surface area (Å²) >= 11 is 1.99. The summed E-state index contributed by atoms with van der Waals surface area (Å²) in [5, 5.41) is 9.25. The molecule has 0 aromatic heterocycles. The van der Waals surface area contributed by atoms with Crippen LogP contribution in [0.4, 0.5) is 0 Å². The first-order valence-corrected chi connectivity index (χ1v) is 6.44. The molecule has 1 aliphatic heterocycles. The molecule has 0 radical (unpaired) electrons. The van der Waals surface area contributed by atoms with E-state index in [9.17, 15) is 5.26 Å². The molecule has 1 aromatic rings. The summed E-state index contributed by atoms with van der Waals surface area (Å²) in [6.45, 7) is 2.22. The number of quaternary nitrogens is 1. The number of nitrogens with zero attached hydrogens (tertiary/aromatic N) is 1. The van der Waals surface area contributed by atoms with Crippen LogP contribution in [-0.2, 0) is 0 Å². The Morgan fingerprint density at radius 3 is 2.47 bits per heavy atom. The van der Waals surface area contributed by atoms with Crippen molar-refractivity contribution >= 4 is 11.8 Å². The van der Waals surface area contributed by atoms with Crippen molar-refractivity contribution in [2.24, 2.45) is 0 Å². The van der Waals surface area contributed by atoms with Gasteiger partial charge in [-0.2, -0.15) is 17.0 Å². The minimum atomic E-state index is 0.0205. The van der Waals surface area contributed by atoms with Crippen molar-refractivity contribution in [1.82, 2.24) is 0 Å². The molecule has 0 amide bonds. The van der Waals surface area contributed by atoms with Crippen LogP contribution in [0.1, 0.15) is 11.6 Å². The van der Waals surface area contributed by atoms with Crippen LogP contribution >= 0.6 is 11.8 Å². The fourth-order valence-electron chi connectivity index (χ4n) is 1.97. The molecule has 1 fully saturated rings. The highest BCUT2D eigenvalue weighted by Crippen LogP contribution is 2.09. The molecule has 15 heavy (non-hydrogen) atoms. The first-order valence-electron chi connectivity index (χ1n) is 5.28. The van der Waals surface area contributed by atoms with Crippen LogP contribution in [0.15, 0.2) is 30.3 Å². The molecular weight excluding hydrogens is 204 g/mol. The standard InChI is InChI=1S/C12H14N2S/c13-10-12(11-4-2-1-3-5-11)14-6-8-15-9-7-14/h1-5,12H,6-9H2/p+1/t12-/m0/s1. The maximum atomic E-state index is 9.25. The third-order valence-electron chi connectivity index (χ3n) is 2.81. The van der Waals surface area contributed by atoms with Crippen molar-refractivity contribution in [2.45, 2.75) is 6.04 Å². The van der Waals surface area contributed by atoms with Gasteiger partial charge in [-0.25, -0.2) is 0 Å². The summed E-state index contributed by atoms with van der Waals surface area (Å²) in [7, 11) is 0. The van der Waals surface area contributed by atoms with Crippen LogP contribution in [-0.4, -0.2) is 24.6 Å². The molecule has 78 valence electrons. The zero-order valence-corrected chi connectivity index (χ0v) is 9.46. The molecule has 0 unspecified atom stereocenters. The minimum Gasteiger partial charge on any atom is -0.315 e. The van der Waals surface area contributed by atoms with E-state index in [1.54, 1.807) is 0 Å². The topological polar surface area (TPSA) is 28.2 Å². The zero-order chi connectivity index (χ0) is 10.5. The average molecular weight is 219 g/mol. The van der Waals surface area contributed by atoms with Gasteiger partial charge in [-0.3, -0.25) is 0 Å². The SMILES string of the molecule is N#C[C@@H](c1ccccc1)[NH+]1CCSCC1. The van der Waals surface area contributed by atoms with Crippen LogP contribution in [0.3, 0.4) is 0 Å². The Balaban J connectivity index is 2.14. The number of thioether (sulfide) groups is 1. The molecular formula is C12H15N2S+. The quantitative estimate of drug-likeness (QED) is 0.800. The molecule has 1 N–H and O–H groups in total. The highest BCUT2D eigenvalue weighted by atomic mass is 32.2. The van der Waals surface area contributed by atoms with Crippen molar-refractivity contribution in [3.63, 3.8) is 0 Å². The van der Waals surface area contributed by atoms with Crippen LogP contribution in [0.2, 0.25) is 0 Å². The fourth-order valence-corrected chi connectivity index (χ4v) is 2.99. The van der Waals surface area contributed by atoms with Gasteiger partial charge in [0.2, 0.25) is 6.04 Å². The Morgan fingerprint density at radius 2 is 1.87 bits per heavy atom. The van der Waals surface area contributed by atoms with E-state index in [-0.39, 0.29) is 6.04 Å². The molecule has 1 heterocycles. The lowest BCUT2D eigenvalue weighted by Crippen LogP contribution is -3.13. The van der Waals surface area contributed by atoms with Crippen LogP contribution < -0.4 is 4.90 Å². The minimum absolute atomic E-state index is 0.0205. The maximum absolute atomic E-state index is 9.25. The molecule has 0 spiro atoms. The van der Waals surface area contributed by atoms with Gasteiger partial charge in [-0.05, 0) is 0 Å². The summed E-state index contributed by atoms with van der Waals surface area (Å²) in [4.78, 5) is 1.42. The number of hydrogen-bond donors (Lipinski definition) is 1. The van der Waals surface area contributed by atoms with Crippen molar-refractivity contribution in [3.05, 3.63) is 35.9 Å². The van der Waals surface area contributed by atoms with Crippen LogP contribution in [0.25, 0.3) is 0 Å². The van der Waals surface area contributed by atoms with Gasteiger partial charge in [0.1, 0.15) is 6.07 Å². The van der Waals surface area contributed by atoms with Crippen LogP contribution in [0, 0.1) is 11.3 Å². The highest BCUT2D eigenvalue weighted by molar-refractivity contribution is 7.99. The number of nitriles is 1. The van der Waals surface area contributed by atoms with Gasteiger partial charge in [-0.1, -0.05) is 30.3 Å². The lowest BCUT2D eigenvalue weighted by Gasteiger charge is -2.27. The first-order chi connectivity index (χ1) is 7.42. The van der Waals surface area contributed by atoms with Gasteiger partial charge in [0.15, 0.2) is 0 Å². The maximum Gasteiger partial charge on any atom is 0.200 e. The predicted molar refractivity (Wildman–Crippen MR) is 62.8 cm³/mol. The number of benzene rings is 1. The smallest absolute Gasteiger partial charge is 0.200 e. The number of nitrogens with one attached hydrogen (secondary N) is 1. The normalized spacial score (nSPS) is 19.4. The van der Waals surface area contributed by atoms with Crippen molar-refractivity contribution in [1.29, 1.82) is 5.26 Å². The van der Waals surface area contributed by atoms with Crippen molar-refractivity contribution in [3.8, 4) is 6.07 Å². The molecule has 0 bridgehead atoms. The van der Waals surface area contributed by atoms with E-state index in [1.165, 1.54) is 16.4 Å². The van der Waals surface area contributed by atoms with E-state index < -0.39 is 0 Å². The Hall–Kier alpha value is -0.980. The Kier molecular flexibility index (Phi) is 3.65. The molecule has 1 aliphatic rings. The van der Waals surface area contributed by atoms with E-state index in [1.807, 2.05) is 30.0 Å². The molecule has 1 atom stereocenters. The fraction of sp³-hybridized carbons (Fsp3) is 0.417. The zero-order valence-electron chi connectivity index (χ0n) is 8.65. The average Bonchev–Trinajstić information content (AvgIpc) is 2.33. The largest absolute Gasteiger partial charge is 0.315 e. The third-order valence-corrected chi connectivity index (χ3v) is 3.79. The second-order valence-electron chi connectivity index (χ2n) is 3.74. The highest BCUT2D eigenvalue weighted by Gasteiger charge is 2.25. The summed E-state index contributed by atoms with van der Waals surface area (Å²) in [6, 6.07) is 12.6. The van der Waals surface area contributed by atoms with Gasteiger partial charge in [-0.15, -0.1) is 0 Å². The van der Waals surface area contributed by atoms with Gasteiger partial charge in [0, 0.05) is 17.1 Å². The van der Waals surface area contributed by atoms with E-state index in [0.29, 0.717) is 0 Å². The summed E-state index contributed by atoms with van der Waals surface area (Å²) in [5.41, 5.74) is 1.15. The lowest BCUT2D eigenvalue weighted by atomic mass is 10.1. The predicted octanol–water partition coefficient (Wildman–Crippen LogP) is 0.883. The van der Waals surface area contributed by atoms with E-state index >= 15 is 0 Å². The van der Waals surface area contributed by atoms with Gasteiger partial charge < -0.3 is 4.90 Å². The lowest BCUT2D eigenvalue weighted by molar-refractivity contribution is -0.919. The summed E-state index contributed by atoms with van der Waals surface area (Å²) in [5.74, 6) is 2.36. The summed E-state index contributed by atoms with van der Waals surface area (Å²) in [6.07, 6.45) is 0. The monoisotopic (exact) mass is 219 g/mol. The van der Waals surface area contributed by atoms with Crippen LogP contribution in [0.5, 0.6) is 0 Å². The van der Waals surface area contributed by atoms with Gasteiger partial charge >= 0.3 is 0 Å². The van der Waals surface area contributed by atoms with E-state index in [0.717, 1.165) is 18.7 Å². The molecule has 1 aromatic carbocycles. The number of rotatable bonds is 2. The second kappa shape index (κ2) is 5.20. The Morgan fingerprint density at radius 1 is 1.20 bits per heavy atom. The molecule has 3 heteroatoms. The molecule has 0 aliphatic carbocycles. The van der Waals surface area contributed by atoms with E-state index in [2.05, 4.69) is 18.2 Å². The Bertz CT molecular complexity index is 338. The van der Waals surface area contributed by atoms with Crippen molar-refractivity contribution < 1.29 is 4.90 Å². The summed E-state index contributed by atoms with van der Waals surface area (Å²) < 4.78 is 0.